The fraction of sp³-hybridized carbons (Fsp3) is 0.111. The number of nitrogens with one attached hydrogen (secondary N) is 2. The minimum absolute atomic E-state index is 0.295. The zero-order chi connectivity index (χ0) is 17.3. The van der Waals surface area contributed by atoms with Crippen LogP contribution in [-0.4, -0.2) is 18.0 Å². The summed E-state index contributed by atoms with van der Waals surface area (Å²) in [4.78, 5) is 27.2. The number of para-hydroxylation sites is 1. The molecule has 0 radical (unpaired) electrons. The molecule has 3 aromatic rings. The van der Waals surface area contributed by atoms with E-state index in [0.29, 0.717) is 32.9 Å². The van der Waals surface area contributed by atoms with Crippen LogP contribution in [0, 0.1) is 6.92 Å². The Kier molecular flexibility index (Phi) is 4.27. The molecule has 0 atom stereocenters. The van der Waals surface area contributed by atoms with Crippen molar-refractivity contribution in [1.29, 1.82) is 0 Å². The number of pyridine rings is 1. The van der Waals surface area contributed by atoms with E-state index in [1.807, 2.05) is 13.0 Å². The number of benzene rings is 2. The number of carbonyl (C=O) groups is 1. The van der Waals surface area contributed by atoms with Gasteiger partial charge in [-0.3, -0.25) is 9.59 Å². The van der Waals surface area contributed by atoms with Crippen LogP contribution in [0.15, 0.2) is 47.3 Å². The molecule has 1 aromatic heterocycles. The summed E-state index contributed by atoms with van der Waals surface area (Å²) in [6, 6.07) is 11.8. The van der Waals surface area contributed by atoms with Crippen LogP contribution >= 0.6 is 11.6 Å². The van der Waals surface area contributed by atoms with E-state index in [9.17, 15) is 9.59 Å². The lowest BCUT2D eigenvalue weighted by Gasteiger charge is -2.13. The second-order valence-electron chi connectivity index (χ2n) is 5.35. The number of methoxy groups -OCH3 is 1. The summed E-state index contributed by atoms with van der Waals surface area (Å²) in [5.74, 6) is 0.0606. The van der Waals surface area contributed by atoms with Gasteiger partial charge in [0.25, 0.3) is 5.91 Å². The van der Waals surface area contributed by atoms with E-state index >= 15 is 0 Å². The molecule has 0 aliphatic heterocycles. The van der Waals surface area contributed by atoms with Crippen LogP contribution < -0.4 is 15.6 Å². The Hall–Kier alpha value is -2.79. The summed E-state index contributed by atoms with van der Waals surface area (Å²) in [6.07, 6.45) is 0. The van der Waals surface area contributed by atoms with Gasteiger partial charge in [-0.1, -0.05) is 29.8 Å². The summed E-state index contributed by atoms with van der Waals surface area (Å²) in [5, 5.41) is 4.00. The minimum Gasteiger partial charge on any atom is -0.495 e. The van der Waals surface area contributed by atoms with E-state index in [-0.39, 0.29) is 5.56 Å². The summed E-state index contributed by atoms with van der Waals surface area (Å²) in [5.41, 5.74) is 1.87. The zero-order valence-corrected chi connectivity index (χ0v) is 13.9. The highest BCUT2D eigenvalue weighted by atomic mass is 35.5. The van der Waals surface area contributed by atoms with E-state index in [1.54, 1.807) is 30.3 Å². The SMILES string of the molecule is COc1cc(Cl)c(C)cc1NC(=O)c1cc(=O)[nH]c2ccccc12. The van der Waals surface area contributed by atoms with Gasteiger partial charge >= 0.3 is 0 Å². The van der Waals surface area contributed by atoms with Crippen LogP contribution in [0.25, 0.3) is 10.9 Å². The van der Waals surface area contributed by atoms with Crippen LogP contribution in [0.5, 0.6) is 5.75 Å². The average Bonchev–Trinajstić information content (AvgIpc) is 2.57. The standard InChI is InChI=1S/C18H15ClN2O3/c1-10-7-15(16(24-2)9-13(10)19)21-18(23)12-8-17(22)20-14-6-4-3-5-11(12)14/h3-9H,1-2H3,(H,20,22)(H,21,23). The number of hydrogen-bond donors (Lipinski definition) is 2. The first-order valence-electron chi connectivity index (χ1n) is 7.27. The molecule has 6 heteroatoms. The molecule has 0 fully saturated rings. The lowest BCUT2D eigenvalue weighted by Crippen LogP contribution is -2.17. The van der Waals surface area contributed by atoms with Crippen LogP contribution in [-0.2, 0) is 0 Å². The van der Waals surface area contributed by atoms with Crippen molar-refractivity contribution in [1.82, 2.24) is 4.98 Å². The van der Waals surface area contributed by atoms with Crippen LogP contribution in [0.2, 0.25) is 5.02 Å². The third kappa shape index (κ3) is 2.98. The Morgan fingerprint density at radius 2 is 1.96 bits per heavy atom. The zero-order valence-electron chi connectivity index (χ0n) is 13.1. The summed E-state index contributed by atoms with van der Waals surface area (Å²) in [6.45, 7) is 1.83. The monoisotopic (exact) mass is 342 g/mol. The molecule has 0 aliphatic carbocycles. The van der Waals surface area contributed by atoms with E-state index < -0.39 is 5.91 Å². The third-order valence-corrected chi connectivity index (χ3v) is 4.13. The highest BCUT2D eigenvalue weighted by Gasteiger charge is 2.15. The smallest absolute Gasteiger partial charge is 0.256 e. The highest BCUT2D eigenvalue weighted by molar-refractivity contribution is 6.31. The molecule has 0 aliphatic rings. The number of carbonyl (C=O) groups excluding carboxylic acids is 1. The summed E-state index contributed by atoms with van der Waals surface area (Å²) >= 11 is 6.08. The van der Waals surface area contributed by atoms with Gasteiger partial charge in [0.15, 0.2) is 0 Å². The van der Waals surface area contributed by atoms with Gasteiger partial charge in [-0.25, -0.2) is 0 Å². The number of fused-ring (bicyclic) bond motifs is 1. The first-order valence-corrected chi connectivity index (χ1v) is 7.65. The fourth-order valence-corrected chi connectivity index (χ4v) is 2.67. The number of hydrogen-bond acceptors (Lipinski definition) is 3. The van der Waals surface area contributed by atoms with Gasteiger partial charge in [-0.2, -0.15) is 0 Å². The highest BCUT2D eigenvalue weighted by Crippen LogP contribution is 2.31. The van der Waals surface area contributed by atoms with Crippen molar-refractivity contribution >= 4 is 34.1 Å². The fourth-order valence-electron chi connectivity index (χ4n) is 2.51. The largest absolute Gasteiger partial charge is 0.495 e. The molecule has 2 aromatic carbocycles. The number of aryl methyl sites for hydroxylation is 1. The number of amides is 1. The van der Waals surface area contributed by atoms with Gasteiger partial charge in [-0.15, -0.1) is 0 Å². The molecule has 5 nitrogen and oxygen atoms in total. The first-order chi connectivity index (χ1) is 11.5. The summed E-state index contributed by atoms with van der Waals surface area (Å²) in [7, 11) is 1.50. The normalized spacial score (nSPS) is 10.6. The molecule has 0 unspecified atom stereocenters. The third-order valence-electron chi connectivity index (χ3n) is 3.72. The van der Waals surface area contributed by atoms with Crippen molar-refractivity contribution < 1.29 is 9.53 Å². The molecular weight excluding hydrogens is 328 g/mol. The topological polar surface area (TPSA) is 71.2 Å². The number of anilines is 1. The molecule has 0 bridgehead atoms. The quantitative estimate of drug-likeness (QED) is 0.761. The Labute approximate surface area is 143 Å². The Bertz CT molecular complexity index is 995. The number of H-pyrrole nitrogens is 1. The van der Waals surface area contributed by atoms with E-state index in [0.717, 1.165) is 5.56 Å². The molecular formula is C18H15ClN2O3. The predicted molar refractivity (Wildman–Crippen MR) is 95.3 cm³/mol. The number of aromatic nitrogens is 1. The molecule has 3 rings (SSSR count). The molecule has 0 saturated heterocycles. The van der Waals surface area contributed by atoms with Crippen molar-refractivity contribution in [2.24, 2.45) is 0 Å². The van der Waals surface area contributed by atoms with E-state index in [4.69, 9.17) is 16.3 Å². The maximum absolute atomic E-state index is 12.7. The molecule has 1 amide bonds. The van der Waals surface area contributed by atoms with Gasteiger partial charge in [0.1, 0.15) is 5.75 Å². The number of aromatic amines is 1. The van der Waals surface area contributed by atoms with Gasteiger partial charge in [0, 0.05) is 28.1 Å². The maximum atomic E-state index is 12.7. The van der Waals surface area contributed by atoms with E-state index in [1.165, 1.54) is 13.2 Å². The van der Waals surface area contributed by atoms with Gasteiger partial charge in [0.05, 0.1) is 18.4 Å². The molecule has 0 spiro atoms. The number of halogens is 1. The average molecular weight is 343 g/mol. The molecule has 0 saturated carbocycles. The minimum atomic E-state index is -0.391. The number of ether oxygens (including phenoxy) is 1. The predicted octanol–water partition coefficient (Wildman–Crippen LogP) is 3.75. The first kappa shape index (κ1) is 16.1. The maximum Gasteiger partial charge on any atom is 0.256 e. The second-order valence-corrected chi connectivity index (χ2v) is 5.76. The van der Waals surface area contributed by atoms with Gasteiger partial charge in [0.2, 0.25) is 5.56 Å². The lowest BCUT2D eigenvalue weighted by atomic mass is 10.1. The van der Waals surface area contributed by atoms with Crippen molar-refractivity contribution in [3.63, 3.8) is 0 Å². The summed E-state index contributed by atoms with van der Waals surface area (Å²) < 4.78 is 5.26. The van der Waals surface area contributed by atoms with Crippen molar-refractivity contribution in [3.8, 4) is 5.75 Å². The van der Waals surface area contributed by atoms with Crippen molar-refractivity contribution in [2.45, 2.75) is 6.92 Å². The Morgan fingerprint density at radius 1 is 1.21 bits per heavy atom. The molecule has 24 heavy (non-hydrogen) atoms. The molecule has 122 valence electrons. The Balaban J connectivity index is 2.06. The lowest BCUT2D eigenvalue weighted by molar-refractivity contribution is 0.102. The van der Waals surface area contributed by atoms with Crippen LogP contribution in [0.3, 0.4) is 0 Å². The van der Waals surface area contributed by atoms with E-state index in [2.05, 4.69) is 10.3 Å². The van der Waals surface area contributed by atoms with Gasteiger partial charge < -0.3 is 15.0 Å². The molecule has 1 heterocycles. The van der Waals surface area contributed by atoms with Crippen LogP contribution in [0.4, 0.5) is 5.69 Å². The molecule has 2 N–H and O–H groups in total. The second kappa shape index (κ2) is 6.37. The van der Waals surface area contributed by atoms with Crippen molar-refractivity contribution in [2.75, 3.05) is 12.4 Å². The Morgan fingerprint density at radius 3 is 2.71 bits per heavy atom. The van der Waals surface area contributed by atoms with Gasteiger partial charge in [-0.05, 0) is 24.6 Å². The number of rotatable bonds is 3. The van der Waals surface area contributed by atoms with Crippen LogP contribution in [0.1, 0.15) is 15.9 Å². The van der Waals surface area contributed by atoms with Crippen molar-refractivity contribution in [3.05, 3.63) is 69.0 Å².